The molecule has 0 amide bonds. The van der Waals surface area contributed by atoms with Gasteiger partial charge in [-0.1, -0.05) is 13.8 Å². The Labute approximate surface area is 117 Å². The van der Waals surface area contributed by atoms with Gasteiger partial charge in [-0.2, -0.15) is 0 Å². The zero-order valence-corrected chi connectivity index (χ0v) is 11.7. The van der Waals surface area contributed by atoms with Crippen LogP contribution in [0.15, 0.2) is 18.2 Å². The SMILES string of the molecule is CC(C)c1cc(F)cc2cc3n(c12)[C@@H](CC(=O)O)CC3. The van der Waals surface area contributed by atoms with Crippen molar-refractivity contribution in [1.82, 2.24) is 4.57 Å². The van der Waals surface area contributed by atoms with Crippen LogP contribution in [-0.4, -0.2) is 15.6 Å². The van der Waals surface area contributed by atoms with Gasteiger partial charge in [0, 0.05) is 17.1 Å². The Hall–Kier alpha value is -1.84. The van der Waals surface area contributed by atoms with Crippen molar-refractivity contribution >= 4 is 16.9 Å². The molecule has 0 bridgehead atoms. The van der Waals surface area contributed by atoms with Gasteiger partial charge in [0.05, 0.1) is 11.9 Å². The van der Waals surface area contributed by atoms with Crippen molar-refractivity contribution in [2.75, 3.05) is 0 Å². The van der Waals surface area contributed by atoms with Crippen molar-refractivity contribution in [3.05, 3.63) is 35.3 Å². The summed E-state index contributed by atoms with van der Waals surface area (Å²) in [6, 6.07) is 5.12. The fourth-order valence-corrected chi connectivity index (χ4v) is 3.31. The van der Waals surface area contributed by atoms with E-state index in [2.05, 4.69) is 4.57 Å². The molecule has 106 valence electrons. The molecule has 0 fully saturated rings. The number of nitrogens with zero attached hydrogens (tertiary/aromatic N) is 1. The highest BCUT2D eigenvalue weighted by atomic mass is 19.1. The second-order valence-corrected chi connectivity index (χ2v) is 5.88. The first-order valence-electron chi connectivity index (χ1n) is 7.02. The second kappa shape index (κ2) is 4.62. The molecule has 1 N–H and O–H groups in total. The molecule has 4 heteroatoms. The predicted octanol–water partition coefficient (Wildman–Crippen LogP) is 3.87. The first kappa shape index (κ1) is 13.2. The van der Waals surface area contributed by atoms with E-state index in [1.54, 1.807) is 12.1 Å². The molecule has 20 heavy (non-hydrogen) atoms. The highest BCUT2D eigenvalue weighted by Gasteiger charge is 2.28. The van der Waals surface area contributed by atoms with Crippen LogP contribution in [0.25, 0.3) is 10.9 Å². The van der Waals surface area contributed by atoms with Crippen molar-refractivity contribution < 1.29 is 14.3 Å². The van der Waals surface area contributed by atoms with Crippen molar-refractivity contribution in [1.29, 1.82) is 0 Å². The molecule has 0 spiro atoms. The van der Waals surface area contributed by atoms with E-state index >= 15 is 0 Å². The van der Waals surface area contributed by atoms with Crippen molar-refractivity contribution in [2.45, 2.75) is 45.1 Å². The monoisotopic (exact) mass is 275 g/mol. The first-order valence-corrected chi connectivity index (χ1v) is 7.02. The van der Waals surface area contributed by atoms with Crippen LogP contribution in [0.1, 0.15) is 49.9 Å². The van der Waals surface area contributed by atoms with E-state index in [1.807, 2.05) is 19.9 Å². The summed E-state index contributed by atoms with van der Waals surface area (Å²) in [6.45, 7) is 4.07. The summed E-state index contributed by atoms with van der Waals surface area (Å²) in [5.41, 5.74) is 3.10. The molecule has 3 nitrogen and oxygen atoms in total. The highest BCUT2D eigenvalue weighted by Crippen LogP contribution is 2.38. The zero-order valence-electron chi connectivity index (χ0n) is 11.7. The lowest BCUT2D eigenvalue weighted by Gasteiger charge is -2.17. The normalized spacial score (nSPS) is 17.9. The molecule has 1 aromatic carbocycles. The van der Waals surface area contributed by atoms with Crippen molar-refractivity contribution in [3.8, 4) is 0 Å². The van der Waals surface area contributed by atoms with Crippen LogP contribution in [-0.2, 0) is 11.2 Å². The van der Waals surface area contributed by atoms with E-state index in [-0.39, 0.29) is 24.2 Å². The van der Waals surface area contributed by atoms with Crippen molar-refractivity contribution in [3.63, 3.8) is 0 Å². The zero-order chi connectivity index (χ0) is 14.4. The minimum atomic E-state index is -0.780. The maximum atomic E-state index is 13.7. The van der Waals surface area contributed by atoms with Crippen LogP contribution in [0.4, 0.5) is 4.39 Å². The van der Waals surface area contributed by atoms with Gasteiger partial charge in [0.2, 0.25) is 0 Å². The standard InChI is InChI=1S/C16H18FNO2/c1-9(2)14-7-11(17)5-10-6-12-3-4-13(8-15(19)20)18(12)16(10)14/h5-7,9,13H,3-4,8H2,1-2H3,(H,19,20)/t13-/m1/s1. The molecule has 0 unspecified atom stereocenters. The van der Waals surface area contributed by atoms with Gasteiger partial charge in [-0.15, -0.1) is 0 Å². The fourth-order valence-electron chi connectivity index (χ4n) is 3.31. The number of fused-ring (bicyclic) bond motifs is 3. The lowest BCUT2D eigenvalue weighted by Crippen LogP contribution is -2.10. The lowest BCUT2D eigenvalue weighted by atomic mass is 9.99. The molecule has 0 saturated carbocycles. The number of aromatic nitrogens is 1. The first-order chi connectivity index (χ1) is 9.47. The Balaban J connectivity index is 2.23. The van der Waals surface area contributed by atoms with Crippen LogP contribution >= 0.6 is 0 Å². The number of carboxylic acid groups (broad SMARTS) is 1. The minimum Gasteiger partial charge on any atom is -0.481 e. The number of carboxylic acids is 1. The van der Waals surface area contributed by atoms with Crippen molar-refractivity contribution in [2.24, 2.45) is 0 Å². The molecule has 3 rings (SSSR count). The molecular weight excluding hydrogens is 257 g/mol. The molecule has 0 radical (unpaired) electrons. The molecule has 1 aliphatic rings. The number of benzene rings is 1. The Bertz CT molecular complexity index is 687. The number of hydrogen-bond acceptors (Lipinski definition) is 1. The van der Waals surface area contributed by atoms with Crippen LogP contribution < -0.4 is 0 Å². The van der Waals surface area contributed by atoms with Crippen LogP contribution in [0.2, 0.25) is 0 Å². The van der Waals surface area contributed by atoms with Gasteiger partial charge in [0.15, 0.2) is 0 Å². The third-order valence-corrected chi connectivity index (χ3v) is 4.14. The number of aliphatic carboxylic acids is 1. The predicted molar refractivity (Wildman–Crippen MR) is 75.6 cm³/mol. The van der Waals surface area contributed by atoms with Gasteiger partial charge in [-0.05, 0) is 42.5 Å². The van der Waals surface area contributed by atoms with Gasteiger partial charge in [-0.25, -0.2) is 4.39 Å². The van der Waals surface area contributed by atoms with E-state index in [0.29, 0.717) is 0 Å². The second-order valence-electron chi connectivity index (χ2n) is 5.88. The Morgan fingerprint density at radius 3 is 2.85 bits per heavy atom. The van der Waals surface area contributed by atoms with Gasteiger partial charge < -0.3 is 9.67 Å². The van der Waals surface area contributed by atoms with Gasteiger partial charge in [0.1, 0.15) is 5.82 Å². The van der Waals surface area contributed by atoms with Gasteiger partial charge in [0.25, 0.3) is 0 Å². The topological polar surface area (TPSA) is 42.2 Å². The van der Waals surface area contributed by atoms with E-state index in [0.717, 1.165) is 35.0 Å². The molecule has 1 aromatic heterocycles. The summed E-state index contributed by atoms with van der Waals surface area (Å²) < 4.78 is 15.8. The van der Waals surface area contributed by atoms with Gasteiger partial charge in [-0.3, -0.25) is 4.79 Å². The minimum absolute atomic E-state index is 0.0111. The number of halogens is 1. The summed E-state index contributed by atoms with van der Waals surface area (Å²) in [7, 11) is 0. The molecule has 1 aliphatic heterocycles. The van der Waals surface area contributed by atoms with Crippen LogP contribution in [0.3, 0.4) is 0 Å². The summed E-state index contributed by atoms with van der Waals surface area (Å²) >= 11 is 0. The summed E-state index contributed by atoms with van der Waals surface area (Å²) in [5.74, 6) is -0.795. The number of carbonyl (C=O) groups is 1. The quantitative estimate of drug-likeness (QED) is 0.924. The third kappa shape index (κ3) is 1.99. The third-order valence-electron chi connectivity index (χ3n) is 4.14. The molecule has 2 aromatic rings. The number of rotatable bonds is 3. The van der Waals surface area contributed by atoms with Gasteiger partial charge >= 0.3 is 5.97 Å². The number of aryl methyl sites for hydroxylation is 1. The maximum Gasteiger partial charge on any atom is 0.305 e. The van der Waals surface area contributed by atoms with E-state index < -0.39 is 5.97 Å². The molecule has 0 saturated heterocycles. The molecule has 0 aliphatic carbocycles. The smallest absolute Gasteiger partial charge is 0.305 e. The average Bonchev–Trinajstić information content (AvgIpc) is 2.87. The summed E-state index contributed by atoms with van der Waals surface area (Å²) in [5, 5.41) is 9.95. The average molecular weight is 275 g/mol. The lowest BCUT2D eigenvalue weighted by molar-refractivity contribution is -0.137. The summed E-state index contributed by atoms with van der Waals surface area (Å²) in [6.07, 6.45) is 1.85. The van der Waals surface area contributed by atoms with Crippen LogP contribution in [0.5, 0.6) is 0 Å². The Morgan fingerprint density at radius 2 is 2.20 bits per heavy atom. The Kier molecular flexibility index (Phi) is 3.04. The maximum absolute atomic E-state index is 13.7. The molecular formula is C16H18FNO2. The highest BCUT2D eigenvalue weighted by molar-refractivity contribution is 5.86. The Morgan fingerprint density at radius 1 is 1.45 bits per heavy atom. The van der Waals surface area contributed by atoms with Crippen LogP contribution in [0, 0.1) is 5.82 Å². The largest absolute Gasteiger partial charge is 0.481 e. The summed E-state index contributed by atoms with van der Waals surface area (Å²) in [4.78, 5) is 11.0. The van der Waals surface area contributed by atoms with E-state index in [9.17, 15) is 9.18 Å². The number of hydrogen-bond donors (Lipinski definition) is 1. The molecule has 2 heterocycles. The fraction of sp³-hybridized carbons (Fsp3) is 0.438. The molecule has 1 atom stereocenters. The van der Waals surface area contributed by atoms with E-state index in [1.165, 1.54) is 0 Å². The van der Waals surface area contributed by atoms with E-state index in [4.69, 9.17) is 5.11 Å².